The number of nitrogens with zero attached hydrogens (tertiary/aromatic N) is 2. The molecule has 1 fully saturated rings. The SMILES string of the molecule is CC(C)N1CCCCC1c1nc(CCN)co1. The highest BCUT2D eigenvalue weighted by Crippen LogP contribution is 2.31. The third-order valence-electron chi connectivity index (χ3n) is 3.46. The first-order chi connectivity index (χ1) is 8.22. The molecule has 1 unspecified atom stereocenters. The Morgan fingerprint density at radius 3 is 3.06 bits per heavy atom. The lowest BCUT2D eigenvalue weighted by atomic mass is 10.0. The van der Waals surface area contributed by atoms with Gasteiger partial charge < -0.3 is 10.2 Å². The normalized spacial score (nSPS) is 22.2. The van der Waals surface area contributed by atoms with E-state index >= 15 is 0 Å². The Morgan fingerprint density at radius 2 is 2.35 bits per heavy atom. The number of oxazole rings is 1. The first-order valence-electron chi connectivity index (χ1n) is 6.62. The van der Waals surface area contributed by atoms with E-state index in [1.54, 1.807) is 6.26 Å². The van der Waals surface area contributed by atoms with Crippen molar-refractivity contribution in [2.45, 2.75) is 51.6 Å². The molecule has 2 heterocycles. The van der Waals surface area contributed by atoms with Gasteiger partial charge in [-0.1, -0.05) is 6.42 Å². The summed E-state index contributed by atoms with van der Waals surface area (Å²) in [6.07, 6.45) is 6.27. The fourth-order valence-electron chi connectivity index (χ4n) is 2.58. The van der Waals surface area contributed by atoms with Crippen molar-refractivity contribution in [1.82, 2.24) is 9.88 Å². The van der Waals surface area contributed by atoms with Crippen LogP contribution in [0.15, 0.2) is 10.7 Å². The van der Waals surface area contributed by atoms with Crippen molar-refractivity contribution >= 4 is 0 Å². The summed E-state index contributed by atoms with van der Waals surface area (Å²) in [5.74, 6) is 0.877. The summed E-state index contributed by atoms with van der Waals surface area (Å²) in [5, 5.41) is 0. The second-order valence-electron chi connectivity index (χ2n) is 5.06. The van der Waals surface area contributed by atoms with Crippen LogP contribution in [0.2, 0.25) is 0 Å². The van der Waals surface area contributed by atoms with Crippen molar-refractivity contribution in [2.24, 2.45) is 5.73 Å². The van der Waals surface area contributed by atoms with Crippen LogP contribution >= 0.6 is 0 Å². The molecule has 0 radical (unpaired) electrons. The van der Waals surface area contributed by atoms with Crippen molar-refractivity contribution in [2.75, 3.05) is 13.1 Å². The molecule has 0 aromatic carbocycles. The summed E-state index contributed by atoms with van der Waals surface area (Å²) in [6, 6.07) is 0.903. The fourth-order valence-corrected chi connectivity index (χ4v) is 2.58. The zero-order valence-electron chi connectivity index (χ0n) is 10.9. The second-order valence-corrected chi connectivity index (χ2v) is 5.06. The summed E-state index contributed by atoms with van der Waals surface area (Å²) in [7, 11) is 0. The van der Waals surface area contributed by atoms with Crippen LogP contribution in [0.5, 0.6) is 0 Å². The van der Waals surface area contributed by atoms with E-state index in [4.69, 9.17) is 10.2 Å². The van der Waals surface area contributed by atoms with Crippen LogP contribution in [0, 0.1) is 0 Å². The number of hydrogen-bond acceptors (Lipinski definition) is 4. The monoisotopic (exact) mass is 237 g/mol. The van der Waals surface area contributed by atoms with Crippen LogP contribution < -0.4 is 5.73 Å². The van der Waals surface area contributed by atoms with Gasteiger partial charge in [0.2, 0.25) is 5.89 Å². The average molecular weight is 237 g/mol. The van der Waals surface area contributed by atoms with Crippen LogP contribution in [0.25, 0.3) is 0 Å². The minimum atomic E-state index is 0.357. The molecule has 2 rings (SSSR count). The number of nitrogens with two attached hydrogens (primary N) is 1. The second kappa shape index (κ2) is 5.65. The van der Waals surface area contributed by atoms with Crippen molar-refractivity contribution in [1.29, 1.82) is 0 Å². The molecule has 1 aliphatic rings. The molecule has 1 aromatic heterocycles. The van der Waals surface area contributed by atoms with E-state index < -0.39 is 0 Å². The van der Waals surface area contributed by atoms with E-state index in [0.717, 1.165) is 31.0 Å². The van der Waals surface area contributed by atoms with Crippen LogP contribution in [-0.4, -0.2) is 29.0 Å². The van der Waals surface area contributed by atoms with Crippen molar-refractivity contribution in [3.63, 3.8) is 0 Å². The molecule has 0 aliphatic carbocycles. The van der Waals surface area contributed by atoms with Crippen molar-refractivity contribution in [3.8, 4) is 0 Å². The maximum absolute atomic E-state index is 5.63. The molecule has 0 bridgehead atoms. The van der Waals surface area contributed by atoms with Gasteiger partial charge in [0.1, 0.15) is 6.26 Å². The Labute approximate surface area is 103 Å². The third kappa shape index (κ3) is 2.87. The topological polar surface area (TPSA) is 55.3 Å². The Kier molecular flexibility index (Phi) is 4.18. The number of piperidine rings is 1. The minimum absolute atomic E-state index is 0.357. The number of rotatable bonds is 4. The van der Waals surface area contributed by atoms with Crippen LogP contribution in [0.4, 0.5) is 0 Å². The number of hydrogen-bond donors (Lipinski definition) is 1. The minimum Gasteiger partial charge on any atom is -0.447 e. The summed E-state index contributed by atoms with van der Waals surface area (Å²) < 4.78 is 5.63. The molecule has 2 N–H and O–H groups in total. The van der Waals surface area contributed by atoms with E-state index in [1.165, 1.54) is 12.8 Å². The lowest BCUT2D eigenvalue weighted by Gasteiger charge is -2.36. The van der Waals surface area contributed by atoms with Gasteiger partial charge in [0.15, 0.2) is 0 Å². The van der Waals surface area contributed by atoms with Gasteiger partial charge in [-0.3, -0.25) is 4.90 Å². The quantitative estimate of drug-likeness (QED) is 0.871. The summed E-state index contributed by atoms with van der Waals surface area (Å²) in [4.78, 5) is 7.06. The van der Waals surface area contributed by atoms with Gasteiger partial charge in [0.25, 0.3) is 0 Å². The Morgan fingerprint density at radius 1 is 1.53 bits per heavy atom. The molecule has 96 valence electrons. The van der Waals surface area contributed by atoms with Gasteiger partial charge in [-0.2, -0.15) is 0 Å². The van der Waals surface area contributed by atoms with Crippen LogP contribution in [-0.2, 0) is 6.42 Å². The highest BCUT2D eigenvalue weighted by Gasteiger charge is 2.29. The van der Waals surface area contributed by atoms with Gasteiger partial charge in [-0.15, -0.1) is 0 Å². The summed E-state index contributed by atoms with van der Waals surface area (Å²) >= 11 is 0. The number of aromatic nitrogens is 1. The predicted octanol–water partition coefficient (Wildman–Crippen LogP) is 2.11. The highest BCUT2D eigenvalue weighted by molar-refractivity contribution is 5.02. The first-order valence-corrected chi connectivity index (χ1v) is 6.62. The van der Waals surface area contributed by atoms with Crippen LogP contribution in [0.3, 0.4) is 0 Å². The largest absolute Gasteiger partial charge is 0.447 e. The van der Waals surface area contributed by atoms with Crippen molar-refractivity contribution in [3.05, 3.63) is 17.8 Å². The zero-order chi connectivity index (χ0) is 12.3. The molecule has 4 nitrogen and oxygen atoms in total. The first kappa shape index (κ1) is 12.6. The molecule has 0 spiro atoms. The molecule has 17 heavy (non-hydrogen) atoms. The molecule has 1 aliphatic heterocycles. The molecular formula is C13H23N3O. The average Bonchev–Trinajstić information content (AvgIpc) is 2.78. The molecule has 1 aromatic rings. The zero-order valence-corrected chi connectivity index (χ0v) is 10.9. The maximum Gasteiger partial charge on any atom is 0.211 e. The molecule has 4 heteroatoms. The van der Waals surface area contributed by atoms with E-state index in [1.807, 2.05) is 0 Å². The van der Waals surface area contributed by atoms with Gasteiger partial charge in [-0.25, -0.2) is 4.98 Å². The summed E-state index contributed by atoms with van der Waals surface area (Å²) in [6.45, 7) is 6.26. The molecule has 0 saturated carbocycles. The van der Waals surface area contributed by atoms with Gasteiger partial charge in [-0.05, 0) is 39.8 Å². The lowest BCUT2D eigenvalue weighted by molar-refractivity contribution is 0.0924. The van der Waals surface area contributed by atoms with Crippen molar-refractivity contribution < 1.29 is 4.42 Å². The predicted molar refractivity (Wildman–Crippen MR) is 67.7 cm³/mol. The van der Waals surface area contributed by atoms with E-state index in [9.17, 15) is 0 Å². The highest BCUT2D eigenvalue weighted by atomic mass is 16.3. The van der Waals surface area contributed by atoms with E-state index in [0.29, 0.717) is 18.6 Å². The maximum atomic E-state index is 5.63. The fraction of sp³-hybridized carbons (Fsp3) is 0.769. The summed E-state index contributed by atoms with van der Waals surface area (Å²) in [5.41, 5.74) is 6.51. The lowest BCUT2D eigenvalue weighted by Crippen LogP contribution is -2.38. The Balaban J connectivity index is 2.11. The molecule has 1 atom stereocenters. The molecule has 0 amide bonds. The standard InChI is InChI=1S/C13H23N3O/c1-10(2)16-8-4-3-5-12(16)13-15-11(6-7-14)9-17-13/h9-10,12H,3-8,14H2,1-2H3. The smallest absolute Gasteiger partial charge is 0.211 e. The van der Waals surface area contributed by atoms with Gasteiger partial charge >= 0.3 is 0 Å². The number of likely N-dealkylation sites (tertiary alicyclic amines) is 1. The molecular weight excluding hydrogens is 214 g/mol. The van der Waals surface area contributed by atoms with E-state index in [2.05, 4.69) is 23.7 Å². The Bertz CT molecular complexity index is 348. The molecule has 1 saturated heterocycles. The van der Waals surface area contributed by atoms with Gasteiger partial charge in [0, 0.05) is 12.5 Å². The Hall–Kier alpha value is -0.870. The van der Waals surface area contributed by atoms with E-state index in [-0.39, 0.29) is 0 Å². The third-order valence-corrected chi connectivity index (χ3v) is 3.46. The van der Waals surface area contributed by atoms with Gasteiger partial charge in [0.05, 0.1) is 11.7 Å². The van der Waals surface area contributed by atoms with Crippen LogP contribution in [0.1, 0.15) is 50.7 Å².